The highest BCUT2D eigenvalue weighted by atomic mass is 19.4. The Morgan fingerprint density at radius 1 is 0.956 bits per heavy atom. The van der Waals surface area contributed by atoms with Crippen molar-refractivity contribution in [2.45, 2.75) is 6.18 Å². The van der Waals surface area contributed by atoms with E-state index in [0.29, 0.717) is 65.9 Å². The zero-order valence-electron chi connectivity index (χ0n) is 24.6. The summed E-state index contributed by atoms with van der Waals surface area (Å²) in [5, 5.41) is 8.86. The van der Waals surface area contributed by atoms with Crippen LogP contribution in [0.3, 0.4) is 0 Å². The molecule has 1 aromatic heterocycles. The van der Waals surface area contributed by atoms with Crippen LogP contribution in [-0.2, 0) is 11.0 Å². The average Bonchev–Trinajstić information content (AvgIpc) is 3.64. The number of aromatic amines is 1. The fraction of sp³-hybridized carbons (Fsp3) is 0.212. The van der Waals surface area contributed by atoms with E-state index >= 15 is 0 Å². The highest BCUT2D eigenvalue weighted by Crippen LogP contribution is 2.37. The Kier molecular flexibility index (Phi) is 7.98. The van der Waals surface area contributed by atoms with E-state index in [1.807, 2.05) is 36.2 Å². The summed E-state index contributed by atoms with van der Waals surface area (Å²) >= 11 is 0. The summed E-state index contributed by atoms with van der Waals surface area (Å²) in [6, 6.07) is 17.6. The van der Waals surface area contributed by atoms with E-state index in [-0.39, 0.29) is 11.5 Å². The summed E-state index contributed by atoms with van der Waals surface area (Å²) in [5.41, 5.74) is 3.65. The van der Waals surface area contributed by atoms with Gasteiger partial charge in [0, 0.05) is 84.1 Å². The van der Waals surface area contributed by atoms with Crippen LogP contribution in [0.1, 0.15) is 27.2 Å². The number of carbonyl (C=O) groups excluding carboxylic acids is 2. The number of H-pyrrole nitrogens is 1. The summed E-state index contributed by atoms with van der Waals surface area (Å²) in [6.07, 6.45) is -1.05. The summed E-state index contributed by atoms with van der Waals surface area (Å²) in [4.78, 5) is 33.0. The fourth-order valence-electron chi connectivity index (χ4n) is 5.39. The van der Waals surface area contributed by atoms with Crippen LogP contribution >= 0.6 is 0 Å². The number of rotatable bonds is 7. The van der Waals surface area contributed by atoms with Gasteiger partial charge in [-0.05, 0) is 61.7 Å². The molecule has 232 valence electrons. The maximum Gasteiger partial charge on any atom is 0.416 e. The maximum absolute atomic E-state index is 13.8. The molecule has 45 heavy (non-hydrogen) atoms. The molecule has 0 unspecified atom stereocenters. The molecular weight excluding hydrogens is 585 g/mol. The van der Waals surface area contributed by atoms with Gasteiger partial charge in [0.2, 0.25) is 0 Å². The molecule has 3 heterocycles. The Balaban J connectivity index is 1.24. The first kappa shape index (κ1) is 29.8. The summed E-state index contributed by atoms with van der Waals surface area (Å²) in [6.45, 7) is 2.53. The van der Waals surface area contributed by atoms with E-state index in [0.717, 1.165) is 23.4 Å². The van der Waals surface area contributed by atoms with Crippen LogP contribution in [0.25, 0.3) is 11.6 Å². The molecule has 0 radical (unpaired) electrons. The molecule has 0 atom stereocenters. The van der Waals surface area contributed by atoms with E-state index in [1.165, 1.54) is 13.2 Å². The van der Waals surface area contributed by atoms with Crippen LogP contribution in [0.5, 0.6) is 5.75 Å². The van der Waals surface area contributed by atoms with Gasteiger partial charge in [0.1, 0.15) is 5.75 Å². The number of nitrogens with one attached hydrogen (secondary N) is 4. The number of likely N-dealkylation sites (N-methyl/N-ethyl adjacent to an activating group) is 1. The van der Waals surface area contributed by atoms with Crippen LogP contribution in [0.4, 0.5) is 41.6 Å². The number of hydrogen-bond acceptors (Lipinski definition) is 6. The number of halogens is 3. The Morgan fingerprint density at radius 3 is 2.44 bits per heavy atom. The number of benzene rings is 3. The number of ether oxygens (including phenoxy) is 1. The lowest BCUT2D eigenvalue weighted by molar-refractivity contribution is -0.137. The highest BCUT2D eigenvalue weighted by Gasteiger charge is 2.33. The average molecular weight is 617 g/mol. The predicted molar refractivity (Wildman–Crippen MR) is 169 cm³/mol. The Labute approximate surface area is 257 Å². The number of nitrogens with zero attached hydrogens (tertiary/aromatic N) is 2. The second-order valence-electron chi connectivity index (χ2n) is 11.0. The standard InChI is InChI=1S/C33H31F3N6O3/c1-41-8-10-42(11-9-41)26-13-20(12-21(14-26)33(34,35)36)31(43)39-25-15-24(16-27(17-25)45-2)38-23-5-6-28-29(18-22-4-3-7-37-22)32(44)40-30(28)19-23/h3-7,12-19,37-38H,8-11H2,1-2H3,(H,39,43)(H,40,44)/b29-18-. The van der Waals surface area contributed by atoms with Crippen molar-refractivity contribution in [2.24, 2.45) is 0 Å². The van der Waals surface area contributed by atoms with E-state index in [1.54, 1.807) is 36.5 Å². The van der Waals surface area contributed by atoms with Gasteiger partial charge in [0.25, 0.3) is 11.8 Å². The molecular formula is C33H31F3N6O3. The number of amides is 2. The molecule has 4 aromatic rings. The first-order valence-electron chi connectivity index (χ1n) is 14.3. The van der Waals surface area contributed by atoms with Crippen molar-refractivity contribution < 1.29 is 27.5 Å². The molecule has 2 aliphatic rings. The van der Waals surface area contributed by atoms with Crippen molar-refractivity contribution in [3.05, 3.63) is 95.3 Å². The Bertz CT molecular complexity index is 1780. The number of fused-ring (bicyclic) bond motifs is 1. The quantitative estimate of drug-likeness (QED) is 0.182. The van der Waals surface area contributed by atoms with Crippen molar-refractivity contribution in [1.82, 2.24) is 9.88 Å². The number of anilines is 5. The van der Waals surface area contributed by atoms with E-state index in [2.05, 4.69) is 25.8 Å². The van der Waals surface area contributed by atoms with E-state index in [9.17, 15) is 22.8 Å². The minimum Gasteiger partial charge on any atom is -0.497 e. The third kappa shape index (κ3) is 6.65. The first-order valence-corrected chi connectivity index (χ1v) is 14.3. The number of piperazine rings is 1. The monoisotopic (exact) mass is 616 g/mol. The summed E-state index contributed by atoms with van der Waals surface area (Å²) in [5.74, 6) is -0.478. The molecule has 0 bridgehead atoms. The van der Waals surface area contributed by atoms with E-state index < -0.39 is 17.6 Å². The molecule has 1 fully saturated rings. The Hall–Kier alpha value is -5.23. The van der Waals surface area contributed by atoms with Crippen LogP contribution < -0.4 is 25.6 Å². The van der Waals surface area contributed by atoms with Crippen molar-refractivity contribution in [3.8, 4) is 5.75 Å². The SMILES string of the molecule is COc1cc(NC(=O)c2cc(N3CCN(C)CC3)cc(C(F)(F)F)c2)cc(Nc2ccc3c(c2)NC(=O)/C3=C\c2ccc[nH]2)c1. The van der Waals surface area contributed by atoms with Gasteiger partial charge >= 0.3 is 6.18 Å². The second kappa shape index (κ2) is 12.0. The topological polar surface area (TPSA) is 102 Å². The lowest BCUT2D eigenvalue weighted by Gasteiger charge is -2.34. The molecule has 2 amide bonds. The number of alkyl halides is 3. The molecule has 9 nitrogen and oxygen atoms in total. The van der Waals surface area contributed by atoms with Gasteiger partial charge in [-0.3, -0.25) is 9.59 Å². The number of methoxy groups -OCH3 is 1. The molecule has 2 aliphatic heterocycles. The minimum absolute atomic E-state index is 0.103. The largest absolute Gasteiger partial charge is 0.497 e. The lowest BCUT2D eigenvalue weighted by atomic mass is 10.1. The minimum atomic E-state index is -4.61. The van der Waals surface area contributed by atoms with Crippen LogP contribution in [0, 0.1) is 0 Å². The molecule has 4 N–H and O–H groups in total. The van der Waals surface area contributed by atoms with Gasteiger partial charge in [-0.2, -0.15) is 13.2 Å². The van der Waals surface area contributed by atoms with Crippen LogP contribution in [0.15, 0.2) is 72.9 Å². The lowest BCUT2D eigenvalue weighted by Crippen LogP contribution is -2.44. The molecule has 0 aliphatic carbocycles. The molecule has 6 rings (SSSR count). The van der Waals surface area contributed by atoms with Crippen molar-refractivity contribution in [3.63, 3.8) is 0 Å². The zero-order valence-corrected chi connectivity index (χ0v) is 24.6. The van der Waals surface area contributed by atoms with Crippen LogP contribution in [-0.4, -0.2) is 62.0 Å². The van der Waals surface area contributed by atoms with Crippen molar-refractivity contribution >= 4 is 51.9 Å². The molecule has 0 spiro atoms. The fourth-order valence-corrected chi connectivity index (χ4v) is 5.39. The van der Waals surface area contributed by atoms with Crippen molar-refractivity contribution in [1.29, 1.82) is 0 Å². The summed E-state index contributed by atoms with van der Waals surface area (Å²) in [7, 11) is 3.43. The highest BCUT2D eigenvalue weighted by molar-refractivity contribution is 6.35. The molecule has 12 heteroatoms. The first-order chi connectivity index (χ1) is 21.6. The van der Waals surface area contributed by atoms with E-state index in [4.69, 9.17) is 4.74 Å². The van der Waals surface area contributed by atoms with Gasteiger partial charge < -0.3 is 35.5 Å². The second-order valence-corrected chi connectivity index (χ2v) is 11.0. The third-order valence-corrected chi connectivity index (χ3v) is 7.79. The van der Waals surface area contributed by atoms with Gasteiger partial charge in [0.05, 0.1) is 23.9 Å². The number of hydrogen-bond donors (Lipinski definition) is 4. The van der Waals surface area contributed by atoms with Crippen molar-refractivity contribution in [2.75, 3.05) is 61.2 Å². The summed E-state index contributed by atoms with van der Waals surface area (Å²) < 4.78 is 46.9. The van der Waals surface area contributed by atoms with Crippen LogP contribution in [0.2, 0.25) is 0 Å². The zero-order chi connectivity index (χ0) is 31.7. The molecule has 1 saturated heterocycles. The third-order valence-electron chi connectivity index (χ3n) is 7.79. The maximum atomic E-state index is 13.8. The Morgan fingerprint density at radius 2 is 1.73 bits per heavy atom. The van der Waals surface area contributed by atoms with Gasteiger partial charge in [-0.1, -0.05) is 6.07 Å². The molecule has 0 saturated carbocycles. The smallest absolute Gasteiger partial charge is 0.416 e. The number of aromatic nitrogens is 1. The normalized spacial score (nSPS) is 16.0. The molecule has 3 aromatic carbocycles. The van der Waals surface area contributed by atoms with Gasteiger partial charge in [-0.15, -0.1) is 0 Å². The van der Waals surface area contributed by atoms with Gasteiger partial charge in [0.15, 0.2) is 0 Å². The number of carbonyl (C=O) groups is 2. The predicted octanol–water partition coefficient (Wildman–Crippen LogP) is 6.28. The van der Waals surface area contributed by atoms with Gasteiger partial charge in [-0.25, -0.2) is 0 Å².